The van der Waals surface area contributed by atoms with Crippen LogP contribution in [0.1, 0.15) is 53.9 Å². The lowest BCUT2D eigenvalue weighted by molar-refractivity contribution is -0.260. The van der Waals surface area contributed by atoms with Crippen LogP contribution in [0.2, 0.25) is 0 Å². The minimum atomic E-state index is -1.40. The van der Waals surface area contributed by atoms with Gasteiger partial charge in [-0.2, -0.15) is 0 Å². The van der Waals surface area contributed by atoms with Crippen molar-refractivity contribution in [3.63, 3.8) is 0 Å². The number of hydrogen-bond donors (Lipinski definition) is 3. The lowest BCUT2D eigenvalue weighted by atomic mass is 9.78. The summed E-state index contributed by atoms with van der Waals surface area (Å²) < 4.78 is 24.4. The maximum atomic E-state index is 14.0. The van der Waals surface area contributed by atoms with Gasteiger partial charge in [-0.3, -0.25) is 14.4 Å². The van der Waals surface area contributed by atoms with E-state index in [0.29, 0.717) is 44.7 Å². The van der Waals surface area contributed by atoms with Gasteiger partial charge in [0.15, 0.2) is 11.4 Å². The largest absolute Gasteiger partial charge is 0.467 e. The monoisotopic (exact) mass is 634 g/mol. The number of aliphatic hydroxyl groups excluding tert-OH is 1. The van der Waals surface area contributed by atoms with E-state index >= 15 is 0 Å². The molecule has 1 unspecified atom stereocenters. The fourth-order valence-corrected chi connectivity index (χ4v) is 6.53. The Balaban J connectivity index is 1.94. The number of methoxy groups -OCH3 is 1. The SMILES string of the molecule is C#C[C@@]1(OC)C[C@@H](C)CNCC2(CCN(C(=O)CNC(C)C)C2)OC(=O)[C@@H](C)C(=O)[C@H](C)[C@H]1O[C@@H]1OC(=C)C[C@H](N(C)C)[C@H]1O. The van der Waals surface area contributed by atoms with Gasteiger partial charge in [-0.15, -0.1) is 6.42 Å². The molecule has 0 saturated carbocycles. The normalized spacial score (nSPS) is 37.1. The van der Waals surface area contributed by atoms with E-state index in [4.69, 9.17) is 25.4 Å². The van der Waals surface area contributed by atoms with Gasteiger partial charge in [-0.25, -0.2) is 0 Å². The number of terminal acetylenes is 1. The topological polar surface area (TPSA) is 139 Å². The molecule has 254 valence electrons. The first-order chi connectivity index (χ1) is 21.1. The van der Waals surface area contributed by atoms with Crippen molar-refractivity contribution in [1.82, 2.24) is 20.4 Å². The van der Waals surface area contributed by atoms with Crippen LogP contribution < -0.4 is 10.6 Å². The Morgan fingerprint density at radius 3 is 2.60 bits per heavy atom. The second-order valence-corrected chi connectivity index (χ2v) is 13.6. The van der Waals surface area contributed by atoms with E-state index in [2.05, 4.69) is 23.1 Å². The van der Waals surface area contributed by atoms with Crippen LogP contribution in [0.3, 0.4) is 0 Å². The predicted molar refractivity (Wildman–Crippen MR) is 169 cm³/mol. The first-order valence-corrected chi connectivity index (χ1v) is 15.9. The third-order valence-corrected chi connectivity index (χ3v) is 9.33. The quantitative estimate of drug-likeness (QED) is 0.209. The van der Waals surface area contributed by atoms with Gasteiger partial charge in [0.25, 0.3) is 0 Å². The Labute approximate surface area is 268 Å². The third kappa shape index (κ3) is 8.64. The van der Waals surface area contributed by atoms with Crippen LogP contribution in [-0.4, -0.2) is 128 Å². The first kappa shape index (κ1) is 36.9. The van der Waals surface area contributed by atoms with Crippen LogP contribution in [0, 0.1) is 30.1 Å². The van der Waals surface area contributed by atoms with Crippen molar-refractivity contribution in [2.45, 2.75) is 95.7 Å². The lowest BCUT2D eigenvalue weighted by Crippen LogP contribution is -2.58. The van der Waals surface area contributed by atoms with E-state index in [1.807, 2.05) is 39.8 Å². The molecule has 3 rings (SSSR count). The molecule has 12 heteroatoms. The average Bonchev–Trinajstić information content (AvgIpc) is 3.41. The van der Waals surface area contributed by atoms with Gasteiger partial charge in [0.05, 0.1) is 18.8 Å². The number of amides is 1. The van der Waals surface area contributed by atoms with Crippen LogP contribution in [0.5, 0.6) is 0 Å². The fourth-order valence-electron chi connectivity index (χ4n) is 6.53. The summed E-state index contributed by atoms with van der Waals surface area (Å²) in [5.41, 5.74) is -2.39. The van der Waals surface area contributed by atoms with Crippen molar-refractivity contribution in [3.05, 3.63) is 12.3 Å². The summed E-state index contributed by atoms with van der Waals surface area (Å²) >= 11 is 0. The van der Waals surface area contributed by atoms with Gasteiger partial charge in [0.1, 0.15) is 23.7 Å². The fraction of sp³-hybridized carbons (Fsp3) is 0.788. The highest BCUT2D eigenvalue weighted by molar-refractivity contribution is 6.00. The van der Waals surface area contributed by atoms with Gasteiger partial charge in [-0.05, 0) is 39.9 Å². The molecular weight excluding hydrogens is 580 g/mol. The molecule has 9 atom stereocenters. The molecule has 0 aromatic rings. The molecule has 3 saturated heterocycles. The summed E-state index contributed by atoms with van der Waals surface area (Å²) in [6.45, 7) is 14.7. The van der Waals surface area contributed by atoms with Crippen LogP contribution >= 0.6 is 0 Å². The molecule has 45 heavy (non-hydrogen) atoms. The van der Waals surface area contributed by atoms with E-state index in [0.717, 1.165) is 0 Å². The molecule has 0 aromatic heterocycles. The van der Waals surface area contributed by atoms with Crippen molar-refractivity contribution < 1.29 is 38.4 Å². The smallest absolute Gasteiger partial charge is 0.316 e. The van der Waals surface area contributed by atoms with Gasteiger partial charge in [0.2, 0.25) is 12.2 Å². The number of Topliss-reactive ketones (excluding diaryl/α,β-unsaturated/α-hetero) is 1. The number of carbonyl (C=O) groups is 3. The maximum absolute atomic E-state index is 14.0. The Morgan fingerprint density at radius 2 is 2.00 bits per heavy atom. The molecule has 12 nitrogen and oxygen atoms in total. The number of likely N-dealkylation sites (N-methyl/N-ethyl adjacent to an activating group) is 1. The second-order valence-electron chi connectivity index (χ2n) is 13.6. The molecule has 3 heterocycles. The first-order valence-electron chi connectivity index (χ1n) is 15.9. The average molecular weight is 635 g/mol. The minimum Gasteiger partial charge on any atom is -0.467 e. The summed E-state index contributed by atoms with van der Waals surface area (Å²) in [7, 11) is 5.15. The Bertz CT molecular complexity index is 1120. The van der Waals surface area contributed by atoms with E-state index in [1.54, 1.807) is 11.8 Å². The van der Waals surface area contributed by atoms with E-state index in [-0.39, 0.29) is 37.0 Å². The second kappa shape index (κ2) is 15.4. The highest BCUT2D eigenvalue weighted by Gasteiger charge is 2.51. The summed E-state index contributed by atoms with van der Waals surface area (Å²) in [5, 5.41) is 17.8. The van der Waals surface area contributed by atoms with E-state index in [1.165, 1.54) is 14.0 Å². The van der Waals surface area contributed by atoms with Gasteiger partial charge < -0.3 is 44.5 Å². The predicted octanol–water partition coefficient (Wildman–Crippen LogP) is 0.924. The molecule has 3 aliphatic rings. The Morgan fingerprint density at radius 1 is 1.31 bits per heavy atom. The number of ketones is 1. The lowest BCUT2D eigenvalue weighted by Gasteiger charge is -2.45. The summed E-state index contributed by atoms with van der Waals surface area (Å²) in [5.74, 6) is -0.200. The number of nitrogens with one attached hydrogen (secondary N) is 2. The molecule has 1 spiro atoms. The number of ether oxygens (including phenoxy) is 4. The Hall–Kier alpha value is -2.53. The molecular formula is C33H54N4O8. The highest BCUT2D eigenvalue weighted by Crippen LogP contribution is 2.37. The van der Waals surface area contributed by atoms with Crippen molar-refractivity contribution >= 4 is 17.7 Å². The van der Waals surface area contributed by atoms with E-state index < -0.39 is 53.3 Å². The molecule has 3 fully saturated rings. The number of carbonyl (C=O) groups excluding carboxylic acids is 3. The Kier molecular flexibility index (Phi) is 12.6. The standard InChI is InChI=1S/C33H54N4O8/c1-11-33(42-10)15-21(4)16-34-18-32(12-13-37(19-32)26(38)17-35-20(2)3)45-30(41)24(7)27(39)23(6)29(33)44-31-28(40)25(36(8)9)14-22(5)43-31/h1,20-21,23-25,28-29,31,34-35,40H,5,12-19H2,2-4,6-10H3/t21-,23+,24+,25+,28-,29-,31+,32?,33-/m1/s1. The maximum Gasteiger partial charge on any atom is 0.316 e. The zero-order valence-electron chi connectivity index (χ0n) is 28.3. The molecule has 0 bridgehead atoms. The summed E-state index contributed by atoms with van der Waals surface area (Å²) in [4.78, 5) is 44.1. The van der Waals surface area contributed by atoms with Crippen LogP contribution in [0.15, 0.2) is 12.3 Å². The minimum absolute atomic E-state index is 0.0728. The van der Waals surface area contributed by atoms with Crippen molar-refractivity contribution in [3.8, 4) is 12.3 Å². The highest BCUT2D eigenvalue weighted by atomic mass is 16.7. The number of nitrogens with zero attached hydrogens (tertiary/aromatic N) is 2. The van der Waals surface area contributed by atoms with Crippen LogP contribution in [0.25, 0.3) is 0 Å². The summed E-state index contributed by atoms with van der Waals surface area (Å²) in [6.07, 6.45) is 3.96. The molecule has 3 N–H and O–H groups in total. The molecule has 0 radical (unpaired) electrons. The van der Waals surface area contributed by atoms with E-state index in [9.17, 15) is 19.5 Å². The van der Waals surface area contributed by atoms with Crippen molar-refractivity contribution in [1.29, 1.82) is 0 Å². The van der Waals surface area contributed by atoms with Crippen molar-refractivity contribution in [2.24, 2.45) is 17.8 Å². The summed E-state index contributed by atoms with van der Waals surface area (Å²) in [6, 6.07) is -0.186. The van der Waals surface area contributed by atoms with Gasteiger partial charge >= 0.3 is 5.97 Å². The van der Waals surface area contributed by atoms with Crippen LogP contribution in [0.4, 0.5) is 0 Å². The number of esters is 1. The zero-order valence-corrected chi connectivity index (χ0v) is 28.3. The number of likely N-dealkylation sites (tertiary alicyclic amines) is 1. The van der Waals surface area contributed by atoms with Gasteiger partial charge in [-0.1, -0.05) is 40.2 Å². The molecule has 3 aliphatic heterocycles. The van der Waals surface area contributed by atoms with Crippen molar-refractivity contribution in [2.75, 3.05) is 53.9 Å². The van der Waals surface area contributed by atoms with Crippen LogP contribution in [-0.2, 0) is 33.3 Å². The zero-order chi connectivity index (χ0) is 33.7. The molecule has 0 aromatic carbocycles. The molecule has 0 aliphatic carbocycles. The van der Waals surface area contributed by atoms with Gasteiger partial charge in [0, 0.05) is 51.0 Å². The third-order valence-electron chi connectivity index (χ3n) is 9.33. The number of rotatable bonds is 7. The molecule has 1 amide bonds. The number of aliphatic hydroxyl groups is 1. The number of hydrogen-bond acceptors (Lipinski definition) is 11.